The third kappa shape index (κ3) is 3.29. The van der Waals surface area contributed by atoms with E-state index in [2.05, 4.69) is 22.4 Å². The van der Waals surface area contributed by atoms with Crippen LogP contribution in [0.3, 0.4) is 0 Å². The Morgan fingerprint density at radius 2 is 2.11 bits per heavy atom. The molecule has 2 aromatic rings. The molecule has 1 aromatic carbocycles. The van der Waals surface area contributed by atoms with Crippen LogP contribution in [0, 0.1) is 0 Å². The van der Waals surface area contributed by atoms with Crippen LogP contribution >= 0.6 is 0 Å². The summed E-state index contributed by atoms with van der Waals surface area (Å²) in [7, 11) is 1.71. The molecule has 1 heterocycles. The minimum absolute atomic E-state index is 0.0937. The van der Waals surface area contributed by atoms with Crippen LogP contribution < -0.4 is 11.1 Å². The largest absolute Gasteiger partial charge is 0.380 e. The van der Waals surface area contributed by atoms with Crippen molar-refractivity contribution in [3.05, 3.63) is 42.2 Å². The third-order valence-corrected chi connectivity index (χ3v) is 3.36. The molecule has 2 atom stereocenters. The lowest BCUT2D eigenvalue weighted by Crippen LogP contribution is -2.34. The molecule has 4 heteroatoms. The van der Waals surface area contributed by atoms with Gasteiger partial charge in [0.25, 0.3) is 0 Å². The van der Waals surface area contributed by atoms with Crippen molar-refractivity contribution >= 4 is 10.8 Å². The Balaban J connectivity index is 2.25. The van der Waals surface area contributed by atoms with Crippen LogP contribution in [0.5, 0.6) is 0 Å². The molecule has 0 fully saturated rings. The molecule has 0 spiro atoms. The van der Waals surface area contributed by atoms with E-state index in [0.717, 1.165) is 17.5 Å². The average molecular weight is 259 g/mol. The normalized spacial score (nSPS) is 14.5. The fourth-order valence-electron chi connectivity index (χ4n) is 2.13. The van der Waals surface area contributed by atoms with Crippen molar-refractivity contribution in [1.29, 1.82) is 0 Å². The van der Waals surface area contributed by atoms with Crippen LogP contribution in [0.15, 0.2) is 36.7 Å². The van der Waals surface area contributed by atoms with Gasteiger partial charge in [-0.05, 0) is 17.9 Å². The van der Waals surface area contributed by atoms with Gasteiger partial charge in [0.2, 0.25) is 0 Å². The SMILES string of the molecule is COC(C)CNC(CN)c1cncc2ccccc12. The van der Waals surface area contributed by atoms with Crippen molar-refractivity contribution in [2.24, 2.45) is 5.73 Å². The van der Waals surface area contributed by atoms with Gasteiger partial charge in [-0.25, -0.2) is 0 Å². The van der Waals surface area contributed by atoms with Crippen molar-refractivity contribution in [1.82, 2.24) is 10.3 Å². The molecule has 19 heavy (non-hydrogen) atoms. The fourth-order valence-corrected chi connectivity index (χ4v) is 2.13. The summed E-state index contributed by atoms with van der Waals surface area (Å²) < 4.78 is 5.25. The third-order valence-electron chi connectivity index (χ3n) is 3.36. The molecule has 4 nitrogen and oxygen atoms in total. The maximum atomic E-state index is 5.89. The Morgan fingerprint density at radius 3 is 2.84 bits per heavy atom. The number of hydrogen-bond donors (Lipinski definition) is 2. The predicted molar refractivity (Wildman–Crippen MR) is 78.0 cm³/mol. The van der Waals surface area contributed by atoms with E-state index in [9.17, 15) is 0 Å². The van der Waals surface area contributed by atoms with Crippen molar-refractivity contribution < 1.29 is 4.74 Å². The van der Waals surface area contributed by atoms with E-state index in [1.807, 2.05) is 31.5 Å². The molecule has 0 bridgehead atoms. The van der Waals surface area contributed by atoms with Crippen LogP contribution in [-0.4, -0.2) is 31.3 Å². The van der Waals surface area contributed by atoms with Gasteiger partial charge in [-0.15, -0.1) is 0 Å². The molecule has 0 saturated heterocycles. The summed E-state index contributed by atoms with van der Waals surface area (Å²) in [5, 5.41) is 5.78. The number of methoxy groups -OCH3 is 1. The van der Waals surface area contributed by atoms with Crippen molar-refractivity contribution in [2.45, 2.75) is 19.1 Å². The number of hydrogen-bond acceptors (Lipinski definition) is 4. The molecule has 0 saturated carbocycles. The van der Waals surface area contributed by atoms with Gasteiger partial charge in [0, 0.05) is 44.0 Å². The van der Waals surface area contributed by atoms with Crippen molar-refractivity contribution in [2.75, 3.05) is 20.2 Å². The van der Waals surface area contributed by atoms with E-state index in [4.69, 9.17) is 10.5 Å². The highest BCUT2D eigenvalue weighted by molar-refractivity contribution is 5.85. The second kappa shape index (κ2) is 6.61. The topological polar surface area (TPSA) is 60.2 Å². The summed E-state index contributed by atoms with van der Waals surface area (Å²) in [4.78, 5) is 4.30. The van der Waals surface area contributed by atoms with Gasteiger partial charge in [0.05, 0.1) is 6.10 Å². The minimum atomic E-state index is 0.0937. The lowest BCUT2D eigenvalue weighted by atomic mass is 10.0. The van der Waals surface area contributed by atoms with Gasteiger partial charge >= 0.3 is 0 Å². The number of nitrogens with zero attached hydrogens (tertiary/aromatic N) is 1. The Kier molecular flexibility index (Phi) is 4.85. The molecule has 0 aliphatic carbocycles. The highest BCUT2D eigenvalue weighted by Crippen LogP contribution is 2.22. The van der Waals surface area contributed by atoms with Crippen LogP contribution in [0.25, 0.3) is 10.8 Å². The monoisotopic (exact) mass is 259 g/mol. The fraction of sp³-hybridized carbons (Fsp3) is 0.400. The molecular weight excluding hydrogens is 238 g/mol. The number of rotatable bonds is 6. The molecule has 0 radical (unpaired) electrons. The first-order chi connectivity index (χ1) is 9.26. The number of aromatic nitrogens is 1. The Morgan fingerprint density at radius 1 is 1.32 bits per heavy atom. The van der Waals surface area contributed by atoms with Crippen LogP contribution in [-0.2, 0) is 4.74 Å². The van der Waals surface area contributed by atoms with E-state index in [1.54, 1.807) is 7.11 Å². The molecule has 2 unspecified atom stereocenters. The lowest BCUT2D eigenvalue weighted by Gasteiger charge is -2.20. The van der Waals surface area contributed by atoms with Gasteiger partial charge in [-0.1, -0.05) is 24.3 Å². The average Bonchev–Trinajstić information content (AvgIpc) is 2.47. The number of ether oxygens (including phenoxy) is 1. The number of nitrogens with one attached hydrogen (secondary N) is 1. The van der Waals surface area contributed by atoms with Crippen LogP contribution in [0.1, 0.15) is 18.5 Å². The first-order valence-electron chi connectivity index (χ1n) is 6.55. The van der Waals surface area contributed by atoms with Crippen LogP contribution in [0.4, 0.5) is 0 Å². The Labute approximate surface area is 114 Å². The van der Waals surface area contributed by atoms with Gasteiger partial charge in [0.1, 0.15) is 0 Å². The van der Waals surface area contributed by atoms with E-state index < -0.39 is 0 Å². The zero-order valence-corrected chi connectivity index (χ0v) is 11.5. The molecule has 0 aliphatic rings. The minimum Gasteiger partial charge on any atom is -0.380 e. The van der Waals surface area contributed by atoms with Gasteiger partial charge < -0.3 is 15.8 Å². The smallest absolute Gasteiger partial charge is 0.0667 e. The lowest BCUT2D eigenvalue weighted by molar-refractivity contribution is 0.114. The first kappa shape index (κ1) is 13.9. The zero-order chi connectivity index (χ0) is 13.7. The Hall–Kier alpha value is -1.49. The molecule has 3 N–H and O–H groups in total. The molecule has 1 aromatic heterocycles. The first-order valence-corrected chi connectivity index (χ1v) is 6.55. The van der Waals surface area contributed by atoms with E-state index >= 15 is 0 Å². The number of fused-ring (bicyclic) bond motifs is 1. The number of pyridine rings is 1. The van der Waals surface area contributed by atoms with Gasteiger partial charge in [-0.2, -0.15) is 0 Å². The van der Waals surface area contributed by atoms with E-state index in [-0.39, 0.29) is 12.1 Å². The number of nitrogens with two attached hydrogens (primary N) is 1. The maximum absolute atomic E-state index is 5.89. The molecule has 0 aliphatic heterocycles. The quantitative estimate of drug-likeness (QED) is 0.831. The summed E-state index contributed by atoms with van der Waals surface area (Å²) in [6.07, 6.45) is 3.94. The zero-order valence-electron chi connectivity index (χ0n) is 11.5. The maximum Gasteiger partial charge on any atom is 0.0667 e. The standard InChI is InChI=1S/C15H21N3O/c1-11(19-2)8-18-15(7-16)14-10-17-9-12-5-3-4-6-13(12)14/h3-6,9-11,15,18H,7-8,16H2,1-2H3. The number of benzene rings is 1. The second-order valence-corrected chi connectivity index (χ2v) is 4.69. The summed E-state index contributed by atoms with van der Waals surface area (Å²) in [5.74, 6) is 0. The van der Waals surface area contributed by atoms with Gasteiger partial charge in [0.15, 0.2) is 0 Å². The van der Waals surface area contributed by atoms with E-state index in [0.29, 0.717) is 6.54 Å². The van der Waals surface area contributed by atoms with E-state index in [1.165, 1.54) is 5.39 Å². The highest BCUT2D eigenvalue weighted by atomic mass is 16.5. The Bertz CT molecular complexity index is 524. The second-order valence-electron chi connectivity index (χ2n) is 4.69. The summed E-state index contributed by atoms with van der Waals surface area (Å²) in [6.45, 7) is 3.33. The van der Waals surface area contributed by atoms with Crippen LogP contribution in [0.2, 0.25) is 0 Å². The summed E-state index contributed by atoms with van der Waals surface area (Å²) in [5.41, 5.74) is 7.03. The predicted octanol–water partition coefficient (Wildman–Crippen LogP) is 1.86. The highest BCUT2D eigenvalue weighted by Gasteiger charge is 2.13. The summed E-state index contributed by atoms with van der Waals surface area (Å²) >= 11 is 0. The molecule has 0 amide bonds. The summed E-state index contributed by atoms with van der Waals surface area (Å²) in [6, 6.07) is 8.33. The van der Waals surface area contributed by atoms with Crippen molar-refractivity contribution in [3.63, 3.8) is 0 Å². The molecular formula is C15H21N3O. The van der Waals surface area contributed by atoms with Gasteiger partial charge in [-0.3, -0.25) is 4.98 Å². The molecule has 102 valence electrons. The van der Waals surface area contributed by atoms with Crippen molar-refractivity contribution in [3.8, 4) is 0 Å². The molecule has 2 rings (SSSR count).